The molecule has 8 heteroatoms. The van der Waals surface area contributed by atoms with Gasteiger partial charge in [-0.15, -0.1) is 0 Å². The molecule has 2 aromatic carbocycles. The summed E-state index contributed by atoms with van der Waals surface area (Å²) in [6.45, 7) is 3.08. The summed E-state index contributed by atoms with van der Waals surface area (Å²) in [7, 11) is 0. The Morgan fingerprint density at radius 1 is 1.14 bits per heavy atom. The van der Waals surface area contributed by atoms with E-state index in [2.05, 4.69) is 29.6 Å². The number of aromatic carboxylic acids is 1. The van der Waals surface area contributed by atoms with Crippen molar-refractivity contribution in [3.8, 4) is 6.07 Å². The number of fused-ring (bicyclic) bond motifs is 2. The zero-order valence-electron chi connectivity index (χ0n) is 20.3. The molecule has 1 saturated carbocycles. The highest BCUT2D eigenvalue weighted by Crippen LogP contribution is 2.41. The van der Waals surface area contributed by atoms with Crippen LogP contribution in [0.25, 0.3) is 5.65 Å². The van der Waals surface area contributed by atoms with E-state index in [0.29, 0.717) is 36.2 Å². The molecule has 3 heterocycles. The van der Waals surface area contributed by atoms with Gasteiger partial charge in [0.25, 0.3) is 5.56 Å². The van der Waals surface area contributed by atoms with Gasteiger partial charge in [0, 0.05) is 30.5 Å². The summed E-state index contributed by atoms with van der Waals surface area (Å²) >= 11 is 0. The maximum Gasteiger partial charge on any atom is 0.337 e. The first-order valence-electron chi connectivity index (χ1n) is 12.4. The Morgan fingerprint density at radius 2 is 1.81 bits per heavy atom. The van der Waals surface area contributed by atoms with Crippen LogP contribution in [-0.4, -0.2) is 20.5 Å². The smallest absolute Gasteiger partial charge is 0.337 e. The molecule has 2 aromatic heterocycles. The number of anilines is 2. The zero-order valence-corrected chi connectivity index (χ0v) is 20.3. The van der Waals surface area contributed by atoms with Gasteiger partial charge in [-0.1, -0.05) is 36.4 Å². The number of nitrogens with one attached hydrogen (secondary N) is 1. The van der Waals surface area contributed by atoms with Gasteiger partial charge in [0.2, 0.25) is 0 Å². The number of carboxylic acids is 1. The Kier molecular flexibility index (Phi) is 5.41. The van der Waals surface area contributed by atoms with E-state index in [0.717, 1.165) is 35.1 Å². The van der Waals surface area contributed by atoms with Crippen LogP contribution in [0.1, 0.15) is 69.9 Å². The minimum Gasteiger partial charge on any atom is -0.478 e. The monoisotopic (exact) mass is 491 g/mol. The molecular formula is C29H25N5O3. The topological polar surface area (TPSA) is 111 Å². The highest BCUT2D eigenvalue weighted by Gasteiger charge is 2.29. The minimum atomic E-state index is -1.02. The van der Waals surface area contributed by atoms with Gasteiger partial charge in [-0.05, 0) is 60.6 Å². The lowest BCUT2D eigenvalue weighted by Crippen LogP contribution is -2.27. The molecule has 1 fully saturated rings. The molecule has 0 bridgehead atoms. The molecule has 2 aliphatic rings. The van der Waals surface area contributed by atoms with E-state index in [-0.39, 0.29) is 22.7 Å². The van der Waals surface area contributed by atoms with Crippen molar-refractivity contribution in [3.05, 3.63) is 105 Å². The van der Waals surface area contributed by atoms with Gasteiger partial charge in [0.05, 0.1) is 11.6 Å². The van der Waals surface area contributed by atoms with E-state index in [1.54, 1.807) is 24.3 Å². The van der Waals surface area contributed by atoms with Gasteiger partial charge in [0.1, 0.15) is 11.7 Å². The van der Waals surface area contributed by atoms with Gasteiger partial charge in [-0.2, -0.15) is 5.26 Å². The highest BCUT2D eigenvalue weighted by molar-refractivity contribution is 5.94. The predicted octanol–water partition coefficient (Wildman–Crippen LogP) is 4.84. The third-order valence-corrected chi connectivity index (χ3v) is 7.25. The molecule has 8 nitrogen and oxygen atoms in total. The molecule has 0 radical (unpaired) electrons. The molecule has 0 saturated heterocycles. The quantitative estimate of drug-likeness (QED) is 0.397. The largest absolute Gasteiger partial charge is 0.478 e. The van der Waals surface area contributed by atoms with Crippen LogP contribution < -0.4 is 15.8 Å². The van der Waals surface area contributed by atoms with Crippen LogP contribution in [-0.2, 0) is 13.1 Å². The normalized spacial score (nSPS) is 15.3. The fourth-order valence-electron chi connectivity index (χ4n) is 5.15. The molecule has 2 N–H and O–H groups in total. The van der Waals surface area contributed by atoms with Crippen molar-refractivity contribution in [3.63, 3.8) is 0 Å². The van der Waals surface area contributed by atoms with Gasteiger partial charge in [-0.3, -0.25) is 9.20 Å². The lowest BCUT2D eigenvalue weighted by atomic mass is 10.0. The number of para-hydroxylation sites is 1. The summed E-state index contributed by atoms with van der Waals surface area (Å²) in [5, 5.41) is 22.9. The molecular weight excluding hydrogens is 466 g/mol. The first-order chi connectivity index (χ1) is 17.9. The number of hydrogen-bond acceptors (Lipinski definition) is 6. The van der Waals surface area contributed by atoms with Crippen molar-refractivity contribution in [2.24, 2.45) is 0 Å². The van der Waals surface area contributed by atoms with E-state index in [9.17, 15) is 20.0 Å². The number of nitriles is 1. The molecule has 4 aromatic rings. The van der Waals surface area contributed by atoms with Crippen molar-refractivity contribution in [2.75, 3.05) is 10.2 Å². The molecule has 0 spiro atoms. The Bertz CT molecular complexity index is 1640. The maximum atomic E-state index is 13.7. The Hall–Kier alpha value is -4.64. The van der Waals surface area contributed by atoms with Crippen molar-refractivity contribution >= 4 is 23.1 Å². The van der Waals surface area contributed by atoms with Crippen LogP contribution in [0, 0.1) is 11.3 Å². The number of carbonyl (C=O) groups is 1. The summed E-state index contributed by atoms with van der Waals surface area (Å²) < 4.78 is 1.50. The van der Waals surface area contributed by atoms with Crippen LogP contribution in [0.5, 0.6) is 0 Å². The number of rotatable bonds is 6. The summed E-state index contributed by atoms with van der Waals surface area (Å²) in [5.41, 5.74) is 4.87. The summed E-state index contributed by atoms with van der Waals surface area (Å²) in [6, 6.07) is 18.7. The second kappa shape index (κ2) is 8.79. The molecule has 184 valence electrons. The van der Waals surface area contributed by atoms with E-state index >= 15 is 0 Å². The number of pyridine rings is 1. The SMILES string of the molecule is C[C@H](Nc1ccccc1C(=O)O)c1cc(C2CC2)cn2c(=O)c(C#N)c(N3Cc4ccccc4C3)nc12. The molecule has 37 heavy (non-hydrogen) atoms. The number of carboxylic acid groups (broad SMARTS) is 1. The van der Waals surface area contributed by atoms with E-state index < -0.39 is 5.97 Å². The molecule has 1 aliphatic heterocycles. The zero-order chi connectivity index (χ0) is 25.7. The lowest BCUT2D eigenvalue weighted by molar-refractivity contribution is 0.0698. The van der Waals surface area contributed by atoms with Crippen LogP contribution in [0.2, 0.25) is 0 Å². The molecule has 0 amide bonds. The van der Waals surface area contributed by atoms with Crippen molar-refractivity contribution in [1.29, 1.82) is 5.26 Å². The highest BCUT2D eigenvalue weighted by atomic mass is 16.4. The Morgan fingerprint density at radius 3 is 2.46 bits per heavy atom. The third-order valence-electron chi connectivity index (χ3n) is 7.25. The first-order valence-corrected chi connectivity index (χ1v) is 12.4. The van der Waals surface area contributed by atoms with Crippen LogP contribution >= 0.6 is 0 Å². The molecule has 1 aliphatic carbocycles. The number of aromatic nitrogens is 2. The standard InChI is InChI=1S/C29H25N5O3/c1-17(31-25-9-5-4-8-22(25)29(36)37)23-12-21(18-10-11-18)16-34-27(23)32-26(24(13-30)28(34)35)33-14-19-6-2-3-7-20(19)15-33/h2-9,12,16-18,31H,10-11,14-15H2,1H3,(H,36,37)/t17-/m0/s1. The number of nitrogens with zero attached hydrogens (tertiary/aromatic N) is 4. The first kappa shape index (κ1) is 22.8. The maximum absolute atomic E-state index is 13.7. The number of hydrogen-bond donors (Lipinski definition) is 2. The van der Waals surface area contributed by atoms with Gasteiger partial charge in [-0.25, -0.2) is 9.78 Å². The minimum absolute atomic E-state index is 0.0287. The fraction of sp³-hybridized carbons (Fsp3) is 0.241. The molecule has 6 rings (SSSR count). The van der Waals surface area contributed by atoms with Crippen molar-refractivity contribution in [2.45, 2.75) is 44.8 Å². The number of benzene rings is 2. The third kappa shape index (κ3) is 3.99. The van der Waals surface area contributed by atoms with Crippen molar-refractivity contribution in [1.82, 2.24) is 9.38 Å². The Labute approximate surface area is 213 Å². The van der Waals surface area contributed by atoms with E-state index in [4.69, 9.17) is 4.98 Å². The molecule has 1 atom stereocenters. The Balaban J connectivity index is 1.50. The second-order valence-electron chi connectivity index (χ2n) is 9.77. The van der Waals surface area contributed by atoms with E-state index in [1.807, 2.05) is 30.2 Å². The lowest BCUT2D eigenvalue weighted by Gasteiger charge is -2.22. The van der Waals surface area contributed by atoms with Crippen molar-refractivity contribution < 1.29 is 9.90 Å². The second-order valence-corrected chi connectivity index (χ2v) is 9.77. The summed E-state index contributed by atoms with van der Waals surface area (Å²) in [5.74, 6) is -0.273. The van der Waals surface area contributed by atoms with E-state index in [1.165, 1.54) is 4.40 Å². The summed E-state index contributed by atoms with van der Waals surface area (Å²) in [6.07, 6.45) is 3.91. The molecule has 0 unspecified atom stereocenters. The van der Waals surface area contributed by atoms with Crippen LogP contribution in [0.3, 0.4) is 0 Å². The average molecular weight is 492 g/mol. The van der Waals surface area contributed by atoms with Gasteiger partial charge < -0.3 is 15.3 Å². The van der Waals surface area contributed by atoms with Crippen LogP contribution in [0.4, 0.5) is 11.5 Å². The fourth-order valence-corrected chi connectivity index (χ4v) is 5.15. The van der Waals surface area contributed by atoms with Crippen LogP contribution in [0.15, 0.2) is 65.6 Å². The van der Waals surface area contributed by atoms with Gasteiger partial charge >= 0.3 is 5.97 Å². The predicted molar refractivity (Wildman–Crippen MR) is 140 cm³/mol. The summed E-state index contributed by atoms with van der Waals surface area (Å²) in [4.78, 5) is 32.3. The average Bonchev–Trinajstić information content (AvgIpc) is 3.66. The van der Waals surface area contributed by atoms with Gasteiger partial charge in [0.15, 0.2) is 11.4 Å².